The number of hydrogen-bond donors (Lipinski definition) is 1. The van der Waals surface area contributed by atoms with Crippen molar-refractivity contribution in [2.75, 3.05) is 11.4 Å². The average Bonchev–Trinajstić information content (AvgIpc) is 3.43. The summed E-state index contributed by atoms with van der Waals surface area (Å²) in [4.78, 5) is 9.59. The Kier molecular flexibility index (Phi) is 4.12. The molecule has 8 nitrogen and oxygen atoms in total. The molecule has 4 aromatic rings. The third kappa shape index (κ3) is 2.94. The van der Waals surface area contributed by atoms with Crippen molar-refractivity contribution in [1.29, 1.82) is 0 Å². The molecule has 0 saturated heterocycles. The Bertz CT molecular complexity index is 1200. The summed E-state index contributed by atoms with van der Waals surface area (Å²) >= 11 is 0. The van der Waals surface area contributed by atoms with Gasteiger partial charge in [0.2, 0.25) is 5.89 Å². The summed E-state index contributed by atoms with van der Waals surface area (Å²) in [7, 11) is 0. The molecule has 0 bridgehead atoms. The molecule has 4 aromatic heterocycles. The number of nitrogens with zero attached hydrogens (tertiary/aromatic N) is 6. The lowest BCUT2D eigenvalue weighted by atomic mass is 9.97. The second kappa shape index (κ2) is 6.61. The van der Waals surface area contributed by atoms with E-state index in [0.717, 1.165) is 11.4 Å². The SMILES string of the molecule is CC(C)(C)c1nnc(N2CCc3[nH]cnc3[C@@H]2c2cc3c(C(F)F)cccn3n2)o1. The number of halogens is 2. The summed E-state index contributed by atoms with van der Waals surface area (Å²) in [6, 6.07) is 4.60. The van der Waals surface area contributed by atoms with E-state index < -0.39 is 12.5 Å². The first-order valence-electron chi connectivity index (χ1n) is 9.72. The molecule has 0 amide bonds. The number of rotatable bonds is 3. The van der Waals surface area contributed by atoms with Crippen molar-refractivity contribution in [3.05, 3.63) is 59.3 Å². The van der Waals surface area contributed by atoms with Gasteiger partial charge in [0, 0.05) is 35.8 Å². The number of H-pyrrole nitrogens is 1. The number of fused-ring (bicyclic) bond motifs is 2. The molecule has 1 atom stereocenters. The van der Waals surface area contributed by atoms with Crippen molar-refractivity contribution in [3.8, 4) is 0 Å². The van der Waals surface area contributed by atoms with Crippen LogP contribution in [-0.2, 0) is 11.8 Å². The van der Waals surface area contributed by atoms with E-state index >= 15 is 0 Å². The van der Waals surface area contributed by atoms with Gasteiger partial charge in [-0.1, -0.05) is 25.9 Å². The van der Waals surface area contributed by atoms with E-state index in [1.807, 2.05) is 25.7 Å². The summed E-state index contributed by atoms with van der Waals surface area (Å²) in [6.07, 6.45) is 1.42. The van der Waals surface area contributed by atoms with Gasteiger partial charge < -0.3 is 14.3 Å². The van der Waals surface area contributed by atoms with Gasteiger partial charge in [-0.2, -0.15) is 5.10 Å². The number of aromatic amines is 1. The van der Waals surface area contributed by atoms with Gasteiger partial charge in [0.1, 0.15) is 6.04 Å². The lowest BCUT2D eigenvalue weighted by molar-refractivity contribution is 0.152. The molecule has 5 rings (SSSR count). The molecule has 5 heterocycles. The maximum Gasteiger partial charge on any atom is 0.319 e. The fourth-order valence-electron chi connectivity index (χ4n) is 3.79. The van der Waals surface area contributed by atoms with Gasteiger partial charge in [-0.15, -0.1) is 5.10 Å². The molecule has 0 spiro atoms. The Labute approximate surface area is 170 Å². The molecular weight excluding hydrogens is 392 g/mol. The van der Waals surface area contributed by atoms with Crippen molar-refractivity contribution >= 4 is 11.5 Å². The zero-order valence-electron chi connectivity index (χ0n) is 16.8. The highest BCUT2D eigenvalue weighted by molar-refractivity contribution is 5.58. The number of anilines is 1. The van der Waals surface area contributed by atoms with Crippen LogP contribution in [0.3, 0.4) is 0 Å². The lowest BCUT2D eigenvalue weighted by Gasteiger charge is -2.32. The normalized spacial score (nSPS) is 17.1. The Morgan fingerprint density at radius 2 is 2.10 bits per heavy atom. The van der Waals surface area contributed by atoms with Crippen LogP contribution >= 0.6 is 0 Å². The maximum atomic E-state index is 13.5. The molecule has 1 N–H and O–H groups in total. The molecule has 0 radical (unpaired) electrons. The summed E-state index contributed by atoms with van der Waals surface area (Å²) in [5, 5.41) is 13.0. The molecule has 10 heteroatoms. The van der Waals surface area contributed by atoms with Gasteiger partial charge in [-0.3, -0.25) is 0 Å². The molecule has 0 saturated carbocycles. The van der Waals surface area contributed by atoms with E-state index in [1.54, 1.807) is 24.7 Å². The standard InChI is InChI=1S/C20H21F2N7O/c1-20(2,3)18-25-26-19(30-18)28-8-6-12-15(24-10-23-12)16(28)13-9-14-11(17(21)22)5-4-7-29(14)27-13/h4-5,7,9-10,16-17H,6,8H2,1-3H3,(H,23,24)/t16-/m0/s1. The number of hydrogen-bond acceptors (Lipinski definition) is 6. The van der Waals surface area contributed by atoms with Crippen LogP contribution in [0.25, 0.3) is 5.52 Å². The fourth-order valence-corrected chi connectivity index (χ4v) is 3.79. The summed E-state index contributed by atoms with van der Waals surface area (Å²) < 4.78 is 34.4. The molecule has 0 aromatic carbocycles. The van der Waals surface area contributed by atoms with Crippen molar-refractivity contribution in [2.45, 2.75) is 45.1 Å². The first kappa shape index (κ1) is 18.7. The maximum absolute atomic E-state index is 13.5. The lowest BCUT2D eigenvalue weighted by Crippen LogP contribution is -2.37. The van der Waals surface area contributed by atoms with Crippen LogP contribution in [0.1, 0.15) is 61.8 Å². The molecule has 1 aliphatic rings. The van der Waals surface area contributed by atoms with Gasteiger partial charge in [0.25, 0.3) is 6.43 Å². The predicted molar refractivity (Wildman–Crippen MR) is 105 cm³/mol. The van der Waals surface area contributed by atoms with Gasteiger partial charge in [0.05, 0.1) is 23.2 Å². The van der Waals surface area contributed by atoms with E-state index in [2.05, 4.69) is 25.3 Å². The smallest absolute Gasteiger partial charge is 0.319 e. The monoisotopic (exact) mass is 413 g/mol. The summed E-state index contributed by atoms with van der Waals surface area (Å²) in [5.74, 6) is 0.527. The van der Waals surface area contributed by atoms with Crippen LogP contribution in [-0.4, -0.2) is 36.3 Å². The van der Waals surface area contributed by atoms with E-state index in [4.69, 9.17) is 4.42 Å². The number of aromatic nitrogens is 6. The quantitative estimate of drug-likeness (QED) is 0.549. The molecular formula is C20H21F2N7O. The van der Waals surface area contributed by atoms with E-state index in [-0.39, 0.29) is 11.0 Å². The number of imidazole rings is 1. The van der Waals surface area contributed by atoms with Gasteiger partial charge in [-0.05, 0) is 18.2 Å². The molecule has 0 fully saturated rings. The second-order valence-corrected chi connectivity index (χ2v) is 8.42. The fraction of sp³-hybridized carbons (Fsp3) is 0.400. The number of alkyl halides is 2. The van der Waals surface area contributed by atoms with Gasteiger partial charge in [0.15, 0.2) is 0 Å². The van der Waals surface area contributed by atoms with Gasteiger partial charge >= 0.3 is 6.01 Å². The third-order valence-corrected chi connectivity index (χ3v) is 5.30. The van der Waals surface area contributed by atoms with Crippen LogP contribution < -0.4 is 4.90 Å². The molecule has 30 heavy (non-hydrogen) atoms. The Morgan fingerprint density at radius 1 is 1.27 bits per heavy atom. The van der Waals surface area contributed by atoms with Crippen molar-refractivity contribution < 1.29 is 13.2 Å². The van der Waals surface area contributed by atoms with E-state index in [1.165, 1.54) is 10.6 Å². The minimum Gasteiger partial charge on any atom is -0.407 e. The number of pyridine rings is 1. The van der Waals surface area contributed by atoms with Crippen LogP contribution in [0.4, 0.5) is 14.8 Å². The van der Waals surface area contributed by atoms with E-state index in [9.17, 15) is 8.78 Å². The van der Waals surface area contributed by atoms with Crippen molar-refractivity contribution in [2.24, 2.45) is 0 Å². The zero-order chi connectivity index (χ0) is 21.0. The zero-order valence-corrected chi connectivity index (χ0v) is 16.8. The molecule has 0 unspecified atom stereocenters. The Morgan fingerprint density at radius 3 is 2.83 bits per heavy atom. The highest BCUT2D eigenvalue weighted by atomic mass is 19.3. The average molecular weight is 413 g/mol. The van der Waals surface area contributed by atoms with Crippen LogP contribution in [0.5, 0.6) is 0 Å². The van der Waals surface area contributed by atoms with Crippen molar-refractivity contribution in [1.82, 2.24) is 29.8 Å². The predicted octanol–water partition coefficient (Wildman–Crippen LogP) is 3.83. The minimum absolute atomic E-state index is 0.0614. The largest absolute Gasteiger partial charge is 0.407 e. The Hall–Kier alpha value is -3.30. The van der Waals surface area contributed by atoms with Crippen LogP contribution in [0.2, 0.25) is 0 Å². The molecule has 156 valence electrons. The summed E-state index contributed by atoms with van der Waals surface area (Å²) in [6.45, 7) is 6.59. The van der Waals surface area contributed by atoms with Crippen molar-refractivity contribution in [3.63, 3.8) is 0 Å². The first-order valence-corrected chi connectivity index (χ1v) is 9.72. The highest BCUT2D eigenvalue weighted by Crippen LogP contribution is 2.37. The van der Waals surface area contributed by atoms with Gasteiger partial charge in [-0.25, -0.2) is 18.3 Å². The summed E-state index contributed by atoms with van der Waals surface area (Å²) in [5.41, 5.74) is 2.37. The topological polar surface area (TPSA) is 88.1 Å². The third-order valence-electron chi connectivity index (χ3n) is 5.30. The second-order valence-electron chi connectivity index (χ2n) is 8.42. The number of nitrogens with one attached hydrogen (secondary N) is 1. The van der Waals surface area contributed by atoms with E-state index in [0.29, 0.717) is 36.1 Å². The van der Waals surface area contributed by atoms with Crippen LogP contribution in [0.15, 0.2) is 35.1 Å². The first-order chi connectivity index (χ1) is 14.3. The molecule has 0 aliphatic carbocycles. The molecule has 1 aliphatic heterocycles. The Balaban J connectivity index is 1.64. The van der Waals surface area contributed by atoms with Crippen LogP contribution in [0, 0.1) is 0 Å². The minimum atomic E-state index is -2.59. The highest BCUT2D eigenvalue weighted by Gasteiger charge is 2.37.